The van der Waals surface area contributed by atoms with E-state index >= 15 is 0 Å². The summed E-state index contributed by atoms with van der Waals surface area (Å²) in [5.74, 6) is -0.243. The molecule has 0 radical (unpaired) electrons. The molecule has 3 N–H and O–H groups in total. The summed E-state index contributed by atoms with van der Waals surface area (Å²) in [6, 6.07) is 8.12. The van der Waals surface area contributed by atoms with E-state index in [1.54, 1.807) is 6.08 Å². The van der Waals surface area contributed by atoms with Gasteiger partial charge in [0.2, 0.25) is 5.91 Å². The Bertz CT molecular complexity index is 832. The number of hydrogen-bond donors (Lipinski definition) is 2. The van der Waals surface area contributed by atoms with Gasteiger partial charge in [0.25, 0.3) is 5.91 Å². The first kappa shape index (κ1) is 17.4. The van der Waals surface area contributed by atoms with Crippen molar-refractivity contribution >= 4 is 34.2 Å². The van der Waals surface area contributed by atoms with Crippen molar-refractivity contribution < 1.29 is 9.59 Å². The van der Waals surface area contributed by atoms with E-state index in [4.69, 9.17) is 5.73 Å². The van der Waals surface area contributed by atoms with Gasteiger partial charge >= 0.3 is 0 Å². The fraction of sp³-hybridized carbons (Fsp3) is 0.300. The van der Waals surface area contributed by atoms with Crippen molar-refractivity contribution in [3.8, 4) is 0 Å². The molecule has 0 fully saturated rings. The smallest absolute Gasteiger partial charge is 0.251 e. The Labute approximate surface area is 151 Å². The molecule has 0 saturated heterocycles. The zero-order valence-corrected chi connectivity index (χ0v) is 15.3. The predicted octanol–water partition coefficient (Wildman–Crippen LogP) is 4.11. The molecule has 130 valence electrons. The number of primary amides is 1. The highest BCUT2D eigenvalue weighted by atomic mass is 32.1. The normalized spacial score (nSPS) is 13.4. The molecule has 0 bridgehead atoms. The van der Waals surface area contributed by atoms with Gasteiger partial charge in [-0.3, -0.25) is 9.59 Å². The van der Waals surface area contributed by atoms with Crippen molar-refractivity contribution in [1.82, 2.24) is 0 Å². The van der Waals surface area contributed by atoms with Gasteiger partial charge in [0, 0.05) is 11.0 Å². The van der Waals surface area contributed by atoms with E-state index in [1.807, 2.05) is 12.1 Å². The quantitative estimate of drug-likeness (QED) is 0.793. The van der Waals surface area contributed by atoms with Gasteiger partial charge in [-0.1, -0.05) is 38.1 Å². The maximum Gasteiger partial charge on any atom is 0.251 e. The molecule has 0 unspecified atom stereocenters. The van der Waals surface area contributed by atoms with Crippen LogP contribution in [0.3, 0.4) is 0 Å². The van der Waals surface area contributed by atoms with Gasteiger partial charge in [-0.25, -0.2) is 0 Å². The monoisotopic (exact) mass is 354 g/mol. The third kappa shape index (κ3) is 3.82. The highest BCUT2D eigenvalue weighted by Crippen LogP contribution is 2.38. The van der Waals surface area contributed by atoms with Gasteiger partial charge in [0.05, 0.1) is 5.56 Å². The molecule has 3 rings (SSSR count). The minimum atomic E-state index is -0.469. The molecule has 5 heteroatoms. The van der Waals surface area contributed by atoms with Gasteiger partial charge in [-0.05, 0) is 47.9 Å². The van der Waals surface area contributed by atoms with Crippen LogP contribution >= 0.6 is 11.3 Å². The second-order valence-electron chi connectivity index (χ2n) is 6.57. The first-order valence-electron chi connectivity index (χ1n) is 8.49. The number of fused-ring (bicyclic) bond motifs is 1. The number of benzene rings is 1. The van der Waals surface area contributed by atoms with Crippen molar-refractivity contribution in [3.05, 3.63) is 57.5 Å². The van der Waals surface area contributed by atoms with Crippen LogP contribution in [0.2, 0.25) is 0 Å². The van der Waals surface area contributed by atoms with Gasteiger partial charge in [-0.15, -0.1) is 11.3 Å². The van der Waals surface area contributed by atoms with E-state index in [0.717, 1.165) is 35.3 Å². The number of nitrogens with two attached hydrogens (primary N) is 1. The molecule has 1 aliphatic carbocycles. The van der Waals surface area contributed by atoms with Gasteiger partial charge in [0.1, 0.15) is 5.00 Å². The minimum Gasteiger partial charge on any atom is -0.365 e. The highest BCUT2D eigenvalue weighted by Gasteiger charge is 2.25. The second kappa shape index (κ2) is 7.23. The molecule has 2 amide bonds. The number of hydrogen-bond acceptors (Lipinski definition) is 3. The van der Waals surface area contributed by atoms with Crippen molar-refractivity contribution in [2.24, 2.45) is 5.73 Å². The molecule has 0 atom stereocenters. The number of carbonyl (C=O) groups is 2. The van der Waals surface area contributed by atoms with Crippen LogP contribution in [0.25, 0.3) is 6.08 Å². The third-order valence-electron chi connectivity index (χ3n) is 4.43. The Kier molecular flexibility index (Phi) is 5.04. The molecule has 1 heterocycles. The maximum atomic E-state index is 12.2. The average molecular weight is 354 g/mol. The minimum absolute atomic E-state index is 0.254. The van der Waals surface area contributed by atoms with Crippen LogP contribution in [0.5, 0.6) is 0 Å². The van der Waals surface area contributed by atoms with Crippen molar-refractivity contribution in [2.75, 3.05) is 5.32 Å². The number of amides is 2. The molecule has 2 aromatic rings. The number of anilines is 1. The molecule has 1 aromatic carbocycles. The molecule has 4 nitrogen and oxygen atoms in total. The van der Waals surface area contributed by atoms with E-state index in [-0.39, 0.29) is 5.91 Å². The Balaban J connectivity index is 1.72. The number of carbonyl (C=O) groups excluding carboxylic acids is 2. The number of nitrogens with one attached hydrogen (secondary N) is 1. The van der Waals surface area contributed by atoms with Gasteiger partial charge in [-0.2, -0.15) is 0 Å². The molecule has 0 saturated carbocycles. The summed E-state index contributed by atoms with van der Waals surface area (Å²) in [6.07, 6.45) is 6.11. The molecular weight excluding hydrogens is 332 g/mol. The van der Waals surface area contributed by atoms with E-state index in [9.17, 15) is 9.59 Å². The van der Waals surface area contributed by atoms with Crippen LogP contribution in [-0.2, 0) is 17.6 Å². The lowest BCUT2D eigenvalue weighted by atomic mass is 10.0. The fourth-order valence-electron chi connectivity index (χ4n) is 3.07. The highest BCUT2D eigenvalue weighted by molar-refractivity contribution is 7.17. The number of rotatable bonds is 5. The van der Waals surface area contributed by atoms with E-state index in [1.165, 1.54) is 23.0 Å². The molecule has 25 heavy (non-hydrogen) atoms. The Morgan fingerprint density at radius 3 is 2.56 bits per heavy atom. The first-order chi connectivity index (χ1) is 12.0. The Morgan fingerprint density at radius 2 is 1.92 bits per heavy atom. The molecular formula is C20H22N2O2S. The van der Waals surface area contributed by atoms with Gasteiger partial charge in [0.15, 0.2) is 0 Å². The van der Waals surface area contributed by atoms with Crippen molar-refractivity contribution in [3.63, 3.8) is 0 Å². The van der Waals surface area contributed by atoms with Crippen molar-refractivity contribution in [2.45, 2.75) is 39.0 Å². The molecule has 1 aliphatic rings. The second-order valence-corrected chi connectivity index (χ2v) is 7.67. The van der Waals surface area contributed by atoms with Crippen molar-refractivity contribution in [1.29, 1.82) is 0 Å². The summed E-state index contributed by atoms with van der Waals surface area (Å²) in [5.41, 5.74) is 9.24. The van der Waals surface area contributed by atoms with Crippen LogP contribution in [0.4, 0.5) is 5.00 Å². The molecule has 0 spiro atoms. The lowest BCUT2D eigenvalue weighted by molar-refractivity contribution is -0.111. The molecule has 0 aliphatic heterocycles. The zero-order valence-electron chi connectivity index (χ0n) is 14.5. The van der Waals surface area contributed by atoms with Crippen LogP contribution in [0.15, 0.2) is 30.3 Å². The largest absolute Gasteiger partial charge is 0.365 e. The number of aryl methyl sites for hydroxylation is 1. The molecule has 1 aromatic heterocycles. The van der Waals surface area contributed by atoms with Crippen LogP contribution in [-0.4, -0.2) is 11.8 Å². The van der Waals surface area contributed by atoms with E-state index < -0.39 is 5.91 Å². The summed E-state index contributed by atoms with van der Waals surface area (Å²) in [4.78, 5) is 25.1. The topological polar surface area (TPSA) is 72.2 Å². The first-order valence-corrected chi connectivity index (χ1v) is 9.30. The lowest BCUT2D eigenvalue weighted by Crippen LogP contribution is -2.16. The lowest BCUT2D eigenvalue weighted by Gasteiger charge is -2.05. The standard InChI is InChI=1S/C20H22N2O2S/c1-12(2)14-9-6-13(7-10-14)8-11-17(23)22-20-18(19(21)24)15-4-3-5-16(15)25-20/h6-12H,3-5H2,1-2H3,(H2,21,24)(H,22,23)/b11-8+. The predicted molar refractivity (Wildman–Crippen MR) is 103 cm³/mol. The summed E-state index contributed by atoms with van der Waals surface area (Å²) < 4.78 is 0. The third-order valence-corrected chi connectivity index (χ3v) is 5.64. The maximum absolute atomic E-state index is 12.2. The van der Waals surface area contributed by atoms with E-state index in [2.05, 4.69) is 31.3 Å². The van der Waals surface area contributed by atoms with Crippen LogP contribution < -0.4 is 11.1 Å². The van der Waals surface area contributed by atoms with Crippen LogP contribution in [0.1, 0.15) is 58.1 Å². The average Bonchev–Trinajstić information content (AvgIpc) is 3.13. The summed E-state index contributed by atoms with van der Waals surface area (Å²) in [5, 5.41) is 3.38. The van der Waals surface area contributed by atoms with E-state index in [0.29, 0.717) is 16.5 Å². The Morgan fingerprint density at radius 1 is 1.20 bits per heavy atom. The zero-order chi connectivity index (χ0) is 18.0. The Hall–Kier alpha value is -2.40. The summed E-state index contributed by atoms with van der Waals surface area (Å²) in [7, 11) is 0. The SMILES string of the molecule is CC(C)c1ccc(/C=C/C(=O)Nc2sc3c(c2C(N)=O)CCC3)cc1. The fourth-order valence-corrected chi connectivity index (χ4v) is 4.37. The summed E-state index contributed by atoms with van der Waals surface area (Å²) >= 11 is 1.47. The van der Waals surface area contributed by atoms with Gasteiger partial charge < -0.3 is 11.1 Å². The summed E-state index contributed by atoms with van der Waals surface area (Å²) in [6.45, 7) is 4.29. The van der Waals surface area contributed by atoms with Crippen LogP contribution in [0, 0.1) is 0 Å². The number of thiophene rings is 1.